The van der Waals surface area contributed by atoms with Crippen molar-refractivity contribution < 1.29 is 28.6 Å². The van der Waals surface area contributed by atoms with E-state index in [1.807, 2.05) is 72.9 Å². The first kappa shape index (κ1) is 59.8. The van der Waals surface area contributed by atoms with Crippen LogP contribution in [0.1, 0.15) is 207 Å². The van der Waals surface area contributed by atoms with Crippen LogP contribution in [0, 0.1) is 0 Å². The zero-order valence-corrected chi connectivity index (χ0v) is 41.0. The molecule has 0 fully saturated rings. The van der Waals surface area contributed by atoms with Crippen LogP contribution in [0.15, 0.2) is 122 Å². The molecule has 360 valence electrons. The van der Waals surface area contributed by atoms with Gasteiger partial charge in [0.1, 0.15) is 13.2 Å². The van der Waals surface area contributed by atoms with E-state index in [1.54, 1.807) is 0 Å². The van der Waals surface area contributed by atoms with Crippen LogP contribution in [-0.4, -0.2) is 37.2 Å². The number of esters is 3. The van der Waals surface area contributed by atoms with E-state index < -0.39 is 6.10 Å². The smallest absolute Gasteiger partial charge is 0.306 e. The molecular formula is C58H92O6. The predicted molar refractivity (Wildman–Crippen MR) is 274 cm³/mol. The maximum atomic E-state index is 12.8. The zero-order valence-electron chi connectivity index (χ0n) is 41.0. The second-order valence-electron chi connectivity index (χ2n) is 16.5. The minimum Gasteiger partial charge on any atom is -0.462 e. The molecule has 0 saturated carbocycles. The lowest BCUT2D eigenvalue weighted by Crippen LogP contribution is -2.30. The molecule has 0 aromatic heterocycles. The second-order valence-corrected chi connectivity index (χ2v) is 16.5. The van der Waals surface area contributed by atoms with Gasteiger partial charge < -0.3 is 14.2 Å². The minimum atomic E-state index is -0.818. The van der Waals surface area contributed by atoms with Crippen LogP contribution < -0.4 is 0 Å². The van der Waals surface area contributed by atoms with Gasteiger partial charge in [-0.25, -0.2) is 0 Å². The van der Waals surface area contributed by atoms with Gasteiger partial charge in [0.15, 0.2) is 6.10 Å². The molecule has 1 unspecified atom stereocenters. The molecule has 0 aromatic carbocycles. The first-order valence-electron chi connectivity index (χ1n) is 25.6. The molecule has 0 heterocycles. The van der Waals surface area contributed by atoms with Gasteiger partial charge in [-0.15, -0.1) is 0 Å². The van der Waals surface area contributed by atoms with Gasteiger partial charge in [-0.2, -0.15) is 0 Å². The van der Waals surface area contributed by atoms with E-state index >= 15 is 0 Å². The lowest BCUT2D eigenvalue weighted by molar-refractivity contribution is -0.167. The quantitative estimate of drug-likeness (QED) is 0.0199. The van der Waals surface area contributed by atoms with Crippen LogP contribution in [0.2, 0.25) is 0 Å². The van der Waals surface area contributed by atoms with Gasteiger partial charge in [0.2, 0.25) is 0 Å². The van der Waals surface area contributed by atoms with Gasteiger partial charge >= 0.3 is 17.9 Å². The molecule has 0 radical (unpaired) electrons. The molecule has 0 spiro atoms. The van der Waals surface area contributed by atoms with Crippen LogP contribution in [0.5, 0.6) is 0 Å². The summed E-state index contributed by atoms with van der Waals surface area (Å²) in [4.78, 5) is 37.9. The van der Waals surface area contributed by atoms with Gasteiger partial charge in [0.05, 0.1) is 0 Å². The Morgan fingerprint density at radius 2 is 0.703 bits per heavy atom. The van der Waals surface area contributed by atoms with Crippen LogP contribution in [0.4, 0.5) is 0 Å². The van der Waals surface area contributed by atoms with Crippen LogP contribution in [0.3, 0.4) is 0 Å². The van der Waals surface area contributed by atoms with Crippen molar-refractivity contribution in [3.63, 3.8) is 0 Å². The minimum absolute atomic E-state index is 0.119. The van der Waals surface area contributed by atoms with Gasteiger partial charge in [-0.05, 0) is 64.2 Å². The van der Waals surface area contributed by atoms with Crippen LogP contribution >= 0.6 is 0 Å². The SMILES string of the molecule is CC\C=C/C=C\C=C/C=C\C=C\C=C/C=C\CCCCCC(=O)OCC(COC(=O)CCC/C=C\C/C=C\C/C=C\CC)OC(=O)CCCCCCCCCCCCCCCCCC. The number of allylic oxidation sites excluding steroid dienone is 20. The molecule has 0 aliphatic rings. The van der Waals surface area contributed by atoms with Crippen molar-refractivity contribution in [3.05, 3.63) is 122 Å². The third-order valence-electron chi connectivity index (χ3n) is 10.4. The van der Waals surface area contributed by atoms with Crippen molar-refractivity contribution in [2.75, 3.05) is 13.2 Å². The van der Waals surface area contributed by atoms with Crippen molar-refractivity contribution in [2.45, 2.75) is 213 Å². The summed E-state index contributed by atoms with van der Waals surface area (Å²) >= 11 is 0. The first-order valence-corrected chi connectivity index (χ1v) is 25.6. The van der Waals surface area contributed by atoms with Crippen LogP contribution in [-0.2, 0) is 28.6 Å². The molecule has 64 heavy (non-hydrogen) atoms. The average molecular weight is 885 g/mol. The summed E-state index contributed by atoms with van der Waals surface area (Å²) < 4.78 is 16.7. The van der Waals surface area contributed by atoms with Crippen molar-refractivity contribution in [2.24, 2.45) is 0 Å². The fourth-order valence-corrected chi connectivity index (χ4v) is 6.62. The summed E-state index contributed by atoms with van der Waals surface area (Å²) in [6, 6.07) is 0. The number of hydrogen-bond acceptors (Lipinski definition) is 6. The largest absolute Gasteiger partial charge is 0.462 e. The van der Waals surface area contributed by atoms with E-state index in [0.29, 0.717) is 19.3 Å². The van der Waals surface area contributed by atoms with E-state index in [9.17, 15) is 14.4 Å². The fraction of sp³-hybridized carbons (Fsp3) is 0.603. The van der Waals surface area contributed by atoms with E-state index in [-0.39, 0.29) is 37.5 Å². The molecule has 0 rings (SSSR count). The Morgan fingerprint density at radius 3 is 1.19 bits per heavy atom. The number of carbonyl (C=O) groups is 3. The predicted octanol–water partition coefficient (Wildman–Crippen LogP) is 16.9. The molecule has 0 aromatic rings. The van der Waals surface area contributed by atoms with E-state index in [2.05, 4.69) is 69.4 Å². The highest BCUT2D eigenvalue weighted by atomic mass is 16.6. The maximum Gasteiger partial charge on any atom is 0.306 e. The summed E-state index contributed by atoms with van der Waals surface area (Å²) in [5.41, 5.74) is 0. The molecule has 0 saturated heterocycles. The molecule has 0 amide bonds. The topological polar surface area (TPSA) is 78.9 Å². The third-order valence-corrected chi connectivity index (χ3v) is 10.4. The Kier molecular flexibility index (Phi) is 48.1. The fourth-order valence-electron chi connectivity index (χ4n) is 6.62. The summed E-state index contributed by atoms with van der Waals surface area (Å²) in [6.07, 6.45) is 70.5. The Bertz CT molecular complexity index is 1390. The van der Waals surface area contributed by atoms with E-state index in [0.717, 1.165) is 77.0 Å². The van der Waals surface area contributed by atoms with Gasteiger partial charge in [0.25, 0.3) is 0 Å². The standard InChI is InChI=1S/C58H92O6/c1-4-7-10-13-16-19-22-24-26-28-29-30-32-33-36-39-42-45-48-51-57(60)63-54-55(53-62-56(59)50-47-44-41-38-35-21-18-15-12-9-6-3)64-58(61)52-49-46-43-40-37-34-31-27-25-23-20-17-14-11-8-5-2/h7,9-10,12-13,16,18-19,21-22,24,26,28-30,32-33,36,38,41,55H,4-6,8,11,14-15,17,20,23,25,27,31,34-35,37,39-40,42-54H2,1-3H3/b10-7-,12-9-,16-13-,21-18-,22-19-,26-24-,29-28+,32-30-,36-33-,41-38-. The molecule has 0 aliphatic heterocycles. The van der Waals surface area contributed by atoms with Crippen LogP contribution in [0.25, 0.3) is 0 Å². The third kappa shape index (κ3) is 48.8. The Balaban J connectivity index is 4.52. The van der Waals surface area contributed by atoms with Crippen molar-refractivity contribution in [3.8, 4) is 0 Å². The van der Waals surface area contributed by atoms with Gasteiger partial charge in [-0.3, -0.25) is 14.4 Å². The van der Waals surface area contributed by atoms with Crippen molar-refractivity contribution >= 4 is 17.9 Å². The van der Waals surface area contributed by atoms with Crippen molar-refractivity contribution in [1.82, 2.24) is 0 Å². The Labute approximate surface area is 392 Å². The number of unbranched alkanes of at least 4 members (excludes halogenated alkanes) is 19. The Morgan fingerprint density at radius 1 is 0.344 bits per heavy atom. The molecule has 0 aliphatic carbocycles. The summed E-state index contributed by atoms with van der Waals surface area (Å²) in [5.74, 6) is -1.02. The summed E-state index contributed by atoms with van der Waals surface area (Å²) in [6.45, 7) is 6.28. The Hall–Kier alpha value is -4.19. The molecule has 0 bridgehead atoms. The summed E-state index contributed by atoms with van der Waals surface area (Å²) in [7, 11) is 0. The van der Waals surface area contributed by atoms with Crippen molar-refractivity contribution in [1.29, 1.82) is 0 Å². The molecule has 6 nitrogen and oxygen atoms in total. The molecular weight excluding hydrogens is 793 g/mol. The molecule has 1 atom stereocenters. The summed E-state index contributed by atoms with van der Waals surface area (Å²) in [5, 5.41) is 0. The number of ether oxygens (including phenoxy) is 3. The highest BCUT2D eigenvalue weighted by Crippen LogP contribution is 2.15. The average Bonchev–Trinajstić information content (AvgIpc) is 3.29. The molecule has 6 heteroatoms. The normalized spacial score (nSPS) is 13.1. The van der Waals surface area contributed by atoms with E-state index in [1.165, 1.54) is 83.5 Å². The van der Waals surface area contributed by atoms with E-state index in [4.69, 9.17) is 14.2 Å². The lowest BCUT2D eigenvalue weighted by Gasteiger charge is -2.18. The van der Waals surface area contributed by atoms with Gasteiger partial charge in [-0.1, -0.05) is 245 Å². The molecule has 0 N–H and O–H groups in total. The highest BCUT2D eigenvalue weighted by Gasteiger charge is 2.19. The monoisotopic (exact) mass is 885 g/mol. The second kappa shape index (κ2) is 51.4. The van der Waals surface area contributed by atoms with Gasteiger partial charge in [0, 0.05) is 19.3 Å². The number of hydrogen-bond donors (Lipinski definition) is 0. The first-order chi connectivity index (χ1) is 31.5. The number of rotatable bonds is 44. The highest BCUT2D eigenvalue weighted by molar-refractivity contribution is 5.71. The zero-order chi connectivity index (χ0) is 46.5. The number of carbonyl (C=O) groups excluding carboxylic acids is 3. The lowest BCUT2D eigenvalue weighted by atomic mass is 10.0. The maximum absolute atomic E-state index is 12.8.